The number of piperazine rings is 1. The number of hydrogen-bond acceptors (Lipinski definition) is 2. The lowest BCUT2D eigenvalue weighted by atomic mass is 10.0. The van der Waals surface area contributed by atoms with Crippen LogP contribution in [0.3, 0.4) is 0 Å². The van der Waals surface area contributed by atoms with Gasteiger partial charge in [0.2, 0.25) is 0 Å². The second kappa shape index (κ2) is 5.59. The van der Waals surface area contributed by atoms with Crippen molar-refractivity contribution in [2.75, 3.05) is 13.1 Å². The predicted octanol–water partition coefficient (Wildman–Crippen LogP) is 2.79. The number of benzene rings is 1. The summed E-state index contributed by atoms with van der Waals surface area (Å²) < 4.78 is 13.8. The van der Waals surface area contributed by atoms with Crippen LogP contribution in [0.2, 0.25) is 0 Å². The topological polar surface area (TPSA) is 15.3 Å². The van der Waals surface area contributed by atoms with E-state index in [4.69, 9.17) is 0 Å². The Kier molecular flexibility index (Phi) is 3.85. The summed E-state index contributed by atoms with van der Waals surface area (Å²) in [5, 5.41) is 3.64. The van der Waals surface area contributed by atoms with E-state index >= 15 is 0 Å². The van der Waals surface area contributed by atoms with Crippen LogP contribution in [0, 0.1) is 11.7 Å². The van der Waals surface area contributed by atoms with Gasteiger partial charge in [0, 0.05) is 37.3 Å². The van der Waals surface area contributed by atoms with Crippen molar-refractivity contribution in [2.45, 2.75) is 44.8 Å². The van der Waals surface area contributed by atoms with Gasteiger partial charge in [-0.1, -0.05) is 25.1 Å². The minimum atomic E-state index is -0.0661. The zero-order chi connectivity index (χ0) is 13.2. The highest BCUT2D eigenvalue weighted by atomic mass is 19.1. The van der Waals surface area contributed by atoms with E-state index in [1.54, 1.807) is 12.1 Å². The van der Waals surface area contributed by atoms with Crippen molar-refractivity contribution >= 4 is 0 Å². The molecule has 3 heteroatoms. The van der Waals surface area contributed by atoms with E-state index in [1.165, 1.54) is 12.8 Å². The monoisotopic (exact) mass is 262 g/mol. The summed E-state index contributed by atoms with van der Waals surface area (Å²) in [6.07, 6.45) is 3.83. The molecule has 0 spiro atoms. The van der Waals surface area contributed by atoms with E-state index in [0.29, 0.717) is 12.1 Å². The Labute approximate surface area is 115 Å². The summed E-state index contributed by atoms with van der Waals surface area (Å²) in [5.41, 5.74) is 0.838. The van der Waals surface area contributed by atoms with Gasteiger partial charge in [-0.15, -0.1) is 0 Å². The van der Waals surface area contributed by atoms with Crippen LogP contribution in [0.5, 0.6) is 0 Å². The molecular formula is C16H23FN2. The molecule has 2 fully saturated rings. The van der Waals surface area contributed by atoms with Crippen molar-refractivity contribution in [2.24, 2.45) is 5.92 Å². The Morgan fingerprint density at radius 3 is 2.79 bits per heavy atom. The third kappa shape index (κ3) is 2.98. The van der Waals surface area contributed by atoms with Crippen LogP contribution < -0.4 is 5.32 Å². The van der Waals surface area contributed by atoms with Crippen molar-refractivity contribution in [1.82, 2.24) is 10.2 Å². The molecular weight excluding hydrogens is 239 g/mol. The Morgan fingerprint density at radius 1 is 1.32 bits per heavy atom. The van der Waals surface area contributed by atoms with Crippen molar-refractivity contribution in [3.63, 3.8) is 0 Å². The summed E-state index contributed by atoms with van der Waals surface area (Å²) >= 11 is 0. The SMILES string of the molecule is CCC1CN(Cc2ccccc2F)C(C2CC2)CN1. The molecule has 1 aromatic rings. The fourth-order valence-corrected chi connectivity index (χ4v) is 3.15. The number of nitrogens with one attached hydrogen (secondary N) is 1. The molecule has 1 aliphatic heterocycles. The molecule has 1 aromatic carbocycles. The molecule has 1 saturated carbocycles. The second-order valence-electron chi connectivity index (χ2n) is 5.94. The summed E-state index contributed by atoms with van der Waals surface area (Å²) in [6, 6.07) is 8.35. The quantitative estimate of drug-likeness (QED) is 0.897. The average Bonchev–Trinajstić information content (AvgIpc) is 3.26. The normalized spacial score (nSPS) is 28.5. The van der Waals surface area contributed by atoms with E-state index < -0.39 is 0 Å². The van der Waals surface area contributed by atoms with Gasteiger partial charge in [-0.25, -0.2) is 4.39 Å². The molecule has 2 aliphatic rings. The molecule has 0 bridgehead atoms. The van der Waals surface area contributed by atoms with E-state index in [2.05, 4.69) is 17.1 Å². The molecule has 3 rings (SSSR count). The average molecular weight is 262 g/mol. The molecule has 104 valence electrons. The lowest BCUT2D eigenvalue weighted by Crippen LogP contribution is -2.56. The van der Waals surface area contributed by atoms with Gasteiger partial charge < -0.3 is 5.32 Å². The molecule has 0 aromatic heterocycles. The van der Waals surface area contributed by atoms with Crippen LogP contribution in [0.25, 0.3) is 0 Å². The van der Waals surface area contributed by atoms with Crippen LogP contribution in [0.1, 0.15) is 31.7 Å². The van der Waals surface area contributed by atoms with Crippen molar-refractivity contribution in [1.29, 1.82) is 0 Å². The van der Waals surface area contributed by atoms with E-state index in [9.17, 15) is 4.39 Å². The number of nitrogens with zero attached hydrogens (tertiary/aromatic N) is 1. The minimum Gasteiger partial charge on any atom is -0.311 e. The maximum atomic E-state index is 13.8. The van der Waals surface area contributed by atoms with E-state index in [0.717, 1.165) is 37.5 Å². The first-order valence-electron chi connectivity index (χ1n) is 7.48. The van der Waals surface area contributed by atoms with Gasteiger partial charge >= 0.3 is 0 Å². The number of halogens is 1. The van der Waals surface area contributed by atoms with E-state index in [1.807, 2.05) is 12.1 Å². The summed E-state index contributed by atoms with van der Waals surface area (Å²) in [4.78, 5) is 2.50. The lowest BCUT2D eigenvalue weighted by Gasteiger charge is -2.40. The first-order valence-corrected chi connectivity index (χ1v) is 7.48. The number of rotatable bonds is 4. The predicted molar refractivity (Wildman–Crippen MR) is 75.4 cm³/mol. The van der Waals surface area contributed by atoms with E-state index in [-0.39, 0.29) is 5.82 Å². The third-order valence-electron chi connectivity index (χ3n) is 4.53. The van der Waals surface area contributed by atoms with Crippen molar-refractivity contribution in [3.8, 4) is 0 Å². The fraction of sp³-hybridized carbons (Fsp3) is 0.625. The van der Waals surface area contributed by atoms with Gasteiger partial charge in [-0.3, -0.25) is 4.90 Å². The highest BCUT2D eigenvalue weighted by Crippen LogP contribution is 2.37. The maximum Gasteiger partial charge on any atom is 0.127 e. The fourth-order valence-electron chi connectivity index (χ4n) is 3.15. The first-order chi connectivity index (χ1) is 9.28. The van der Waals surface area contributed by atoms with Crippen LogP contribution in [0.4, 0.5) is 4.39 Å². The van der Waals surface area contributed by atoms with Gasteiger partial charge in [0.05, 0.1) is 0 Å². The zero-order valence-electron chi connectivity index (χ0n) is 11.6. The standard InChI is InChI=1S/C16H23FN2/c1-2-14-11-19(16(9-18-14)12-7-8-12)10-13-5-3-4-6-15(13)17/h3-6,12,14,16,18H,2,7-11H2,1H3. The highest BCUT2D eigenvalue weighted by molar-refractivity contribution is 5.17. The minimum absolute atomic E-state index is 0.0661. The van der Waals surface area contributed by atoms with Gasteiger partial charge in [-0.2, -0.15) is 0 Å². The maximum absolute atomic E-state index is 13.8. The lowest BCUT2D eigenvalue weighted by molar-refractivity contribution is 0.104. The largest absolute Gasteiger partial charge is 0.311 e. The Bertz CT molecular complexity index is 431. The molecule has 0 radical (unpaired) electrons. The second-order valence-corrected chi connectivity index (χ2v) is 5.94. The smallest absolute Gasteiger partial charge is 0.127 e. The molecule has 19 heavy (non-hydrogen) atoms. The Hall–Kier alpha value is -0.930. The molecule has 2 nitrogen and oxygen atoms in total. The van der Waals surface area contributed by atoms with Gasteiger partial charge in [-0.05, 0) is 31.2 Å². The highest BCUT2D eigenvalue weighted by Gasteiger charge is 2.38. The summed E-state index contributed by atoms with van der Waals surface area (Å²) in [5.74, 6) is 0.765. The Morgan fingerprint density at radius 2 is 2.11 bits per heavy atom. The van der Waals surface area contributed by atoms with Gasteiger partial charge in [0.25, 0.3) is 0 Å². The third-order valence-corrected chi connectivity index (χ3v) is 4.53. The van der Waals surface area contributed by atoms with Crippen molar-refractivity contribution < 1.29 is 4.39 Å². The van der Waals surface area contributed by atoms with Crippen molar-refractivity contribution in [3.05, 3.63) is 35.6 Å². The van der Waals surface area contributed by atoms with Crippen LogP contribution >= 0.6 is 0 Å². The molecule has 1 heterocycles. The number of hydrogen-bond donors (Lipinski definition) is 1. The molecule has 0 amide bonds. The van der Waals surface area contributed by atoms with Gasteiger partial charge in [0.15, 0.2) is 0 Å². The van der Waals surface area contributed by atoms with Gasteiger partial charge in [0.1, 0.15) is 5.82 Å². The van der Waals surface area contributed by atoms with Crippen LogP contribution in [-0.4, -0.2) is 30.1 Å². The first kappa shape index (κ1) is 13.1. The molecule has 1 aliphatic carbocycles. The van der Waals surface area contributed by atoms with Crippen LogP contribution in [-0.2, 0) is 6.54 Å². The zero-order valence-corrected chi connectivity index (χ0v) is 11.6. The van der Waals surface area contributed by atoms with Crippen LogP contribution in [0.15, 0.2) is 24.3 Å². The molecule has 2 unspecified atom stereocenters. The summed E-state index contributed by atoms with van der Waals surface area (Å²) in [6.45, 7) is 5.09. The molecule has 1 N–H and O–H groups in total. The molecule has 1 saturated heterocycles. The Balaban J connectivity index is 1.73. The molecule has 2 atom stereocenters. The summed E-state index contributed by atoms with van der Waals surface area (Å²) in [7, 11) is 0.